The summed E-state index contributed by atoms with van der Waals surface area (Å²) < 4.78 is 6.10. The van der Waals surface area contributed by atoms with Gasteiger partial charge in [0.25, 0.3) is 6.71 Å². The molecule has 0 spiro atoms. The molecule has 0 aromatic carbocycles. The summed E-state index contributed by atoms with van der Waals surface area (Å²) in [4.78, 5) is 11.0. The van der Waals surface area contributed by atoms with Crippen LogP contribution in [0, 0.1) is 29.0 Å². The number of ether oxygens (including phenoxy) is 1. The van der Waals surface area contributed by atoms with Gasteiger partial charge in [-0.3, -0.25) is 0 Å². The first-order chi connectivity index (χ1) is 13.2. The van der Waals surface area contributed by atoms with Gasteiger partial charge in [-0.2, -0.15) is 0 Å². The summed E-state index contributed by atoms with van der Waals surface area (Å²) in [6.07, 6.45) is 13.0. The van der Waals surface area contributed by atoms with Crippen molar-refractivity contribution in [2.24, 2.45) is 17.8 Å². The standard InChI is InChI=1S/C20H28BClN4O/c22-17-12-24-20(25-13-17)26-8-3-15(4-9-26)19-11-16(19)5-10-27-18-1-6-21(14-23)7-2-18/h12-13,15-16,18-19H,1-11H2. The van der Waals surface area contributed by atoms with Gasteiger partial charge in [0.15, 0.2) is 0 Å². The minimum Gasteiger partial charge on any atom is -0.378 e. The van der Waals surface area contributed by atoms with Crippen molar-refractivity contribution in [2.75, 3.05) is 24.6 Å². The van der Waals surface area contributed by atoms with Crippen molar-refractivity contribution in [2.45, 2.75) is 57.3 Å². The van der Waals surface area contributed by atoms with Crippen molar-refractivity contribution in [3.8, 4) is 5.97 Å². The van der Waals surface area contributed by atoms with E-state index in [0.29, 0.717) is 11.1 Å². The molecular formula is C20H28BClN4O. The lowest BCUT2D eigenvalue weighted by Gasteiger charge is -2.32. The average molecular weight is 387 g/mol. The number of aromatic nitrogens is 2. The van der Waals surface area contributed by atoms with Crippen LogP contribution in [0.25, 0.3) is 0 Å². The third kappa shape index (κ3) is 4.94. The van der Waals surface area contributed by atoms with Crippen LogP contribution in [0.5, 0.6) is 0 Å². The molecule has 2 atom stereocenters. The second-order valence-corrected chi connectivity index (χ2v) is 8.88. The topological polar surface area (TPSA) is 62.0 Å². The Morgan fingerprint density at radius 1 is 1.19 bits per heavy atom. The molecule has 1 aromatic heterocycles. The molecular weight excluding hydrogens is 359 g/mol. The monoisotopic (exact) mass is 386 g/mol. The number of hydrogen-bond acceptors (Lipinski definition) is 5. The number of nitriles is 1. The van der Waals surface area contributed by atoms with Gasteiger partial charge in [-0.25, -0.2) is 15.2 Å². The molecule has 3 heterocycles. The van der Waals surface area contributed by atoms with E-state index in [1.54, 1.807) is 12.4 Å². The zero-order chi connectivity index (χ0) is 18.6. The minimum atomic E-state index is 0.266. The third-order valence-electron chi connectivity index (χ3n) is 6.71. The van der Waals surface area contributed by atoms with Crippen molar-refractivity contribution in [1.29, 1.82) is 5.26 Å². The molecule has 1 saturated carbocycles. The summed E-state index contributed by atoms with van der Waals surface area (Å²) in [5.41, 5.74) is 0. The predicted molar refractivity (Wildman–Crippen MR) is 108 cm³/mol. The lowest BCUT2D eigenvalue weighted by molar-refractivity contribution is 0.0405. The Balaban J connectivity index is 1.12. The summed E-state index contributed by atoms with van der Waals surface area (Å²) >= 11 is 5.88. The Kier molecular flexibility index (Phi) is 6.19. The van der Waals surface area contributed by atoms with Gasteiger partial charge in [-0.05, 0) is 56.3 Å². The highest BCUT2D eigenvalue weighted by atomic mass is 35.5. The number of anilines is 1. The maximum absolute atomic E-state index is 8.97. The first kappa shape index (κ1) is 19.0. The van der Waals surface area contributed by atoms with Crippen molar-refractivity contribution in [3.63, 3.8) is 0 Å². The molecule has 4 rings (SSSR count). The summed E-state index contributed by atoms with van der Waals surface area (Å²) in [6.45, 7) is 3.27. The summed E-state index contributed by atoms with van der Waals surface area (Å²) in [5.74, 6) is 5.82. The van der Waals surface area contributed by atoms with Crippen LogP contribution in [-0.2, 0) is 4.74 Å². The second-order valence-electron chi connectivity index (χ2n) is 8.45. The molecule has 0 radical (unpaired) electrons. The fourth-order valence-electron chi connectivity index (χ4n) is 4.92. The Morgan fingerprint density at radius 2 is 1.89 bits per heavy atom. The zero-order valence-corrected chi connectivity index (χ0v) is 16.7. The van der Waals surface area contributed by atoms with Crippen LogP contribution in [0.1, 0.15) is 38.5 Å². The van der Waals surface area contributed by atoms with E-state index < -0.39 is 0 Å². The smallest absolute Gasteiger partial charge is 0.268 e. The van der Waals surface area contributed by atoms with Gasteiger partial charge in [0.1, 0.15) is 0 Å². The van der Waals surface area contributed by atoms with Gasteiger partial charge >= 0.3 is 0 Å². The SMILES string of the molecule is N#CB1CCC(OCCC2CC2C2CCN(c3ncc(Cl)cn3)CC2)CC1. The minimum absolute atomic E-state index is 0.266. The molecule has 2 saturated heterocycles. The normalized spacial score (nSPS) is 26.8. The number of halogens is 1. The molecule has 2 aliphatic heterocycles. The maximum Gasteiger partial charge on any atom is 0.268 e. The van der Waals surface area contributed by atoms with E-state index in [1.807, 2.05) is 0 Å². The highest BCUT2D eigenvalue weighted by molar-refractivity contribution is 6.67. The summed E-state index contributed by atoms with van der Waals surface area (Å²) in [5, 5.41) is 9.57. The van der Waals surface area contributed by atoms with Crippen LogP contribution < -0.4 is 4.90 Å². The Hall–Kier alpha value is -1.32. The molecule has 3 aliphatic rings. The Morgan fingerprint density at radius 3 is 2.56 bits per heavy atom. The van der Waals surface area contributed by atoms with Crippen LogP contribution in [0.4, 0.5) is 5.95 Å². The van der Waals surface area contributed by atoms with Crippen LogP contribution in [0.3, 0.4) is 0 Å². The van der Waals surface area contributed by atoms with Gasteiger partial charge in [0.05, 0.1) is 23.5 Å². The molecule has 0 amide bonds. The van der Waals surface area contributed by atoms with E-state index in [1.165, 1.54) is 25.7 Å². The van der Waals surface area contributed by atoms with E-state index in [0.717, 1.165) is 68.9 Å². The molecule has 0 bridgehead atoms. The van der Waals surface area contributed by atoms with Gasteiger partial charge in [0, 0.05) is 25.7 Å². The van der Waals surface area contributed by atoms with Gasteiger partial charge in [-0.1, -0.05) is 24.2 Å². The number of hydrogen-bond donors (Lipinski definition) is 0. The molecule has 5 nitrogen and oxygen atoms in total. The van der Waals surface area contributed by atoms with Gasteiger partial charge in [-0.15, -0.1) is 0 Å². The quantitative estimate of drug-likeness (QED) is 0.688. The molecule has 0 N–H and O–H groups in total. The van der Waals surface area contributed by atoms with Gasteiger partial charge in [0.2, 0.25) is 5.95 Å². The highest BCUT2D eigenvalue weighted by Crippen LogP contribution is 2.50. The molecule has 1 aliphatic carbocycles. The van der Waals surface area contributed by atoms with Crippen LogP contribution in [-0.4, -0.2) is 42.5 Å². The summed E-state index contributed by atoms with van der Waals surface area (Å²) in [7, 11) is 0. The number of piperidine rings is 1. The van der Waals surface area contributed by atoms with Crippen LogP contribution in [0.15, 0.2) is 12.4 Å². The van der Waals surface area contributed by atoms with Crippen LogP contribution >= 0.6 is 11.6 Å². The Bertz CT molecular complexity index is 651. The lowest BCUT2D eigenvalue weighted by Crippen LogP contribution is -2.35. The van der Waals surface area contributed by atoms with E-state index in [2.05, 4.69) is 20.8 Å². The lowest BCUT2D eigenvalue weighted by atomic mass is 9.42. The van der Waals surface area contributed by atoms with Crippen molar-refractivity contribution >= 4 is 24.3 Å². The zero-order valence-electron chi connectivity index (χ0n) is 15.9. The van der Waals surface area contributed by atoms with E-state index in [4.69, 9.17) is 21.6 Å². The largest absolute Gasteiger partial charge is 0.378 e. The fourth-order valence-corrected chi connectivity index (χ4v) is 5.02. The van der Waals surface area contributed by atoms with E-state index in [9.17, 15) is 0 Å². The number of rotatable bonds is 6. The van der Waals surface area contributed by atoms with E-state index >= 15 is 0 Å². The average Bonchev–Trinajstić information content (AvgIpc) is 3.49. The Labute approximate surface area is 167 Å². The molecule has 144 valence electrons. The maximum atomic E-state index is 8.97. The van der Waals surface area contributed by atoms with Crippen molar-refractivity contribution in [1.82, 2.24) is 9.97 Å². The molecule has 27 heavy (non-hydrogen) atoms. The van der Waals surface area contributed by atoms with E-state index in [-0.39, 0.29) is 6.71 Å². The summed E-state index contributed by atoms with van der Waals surface area (Å²) in [6, 6.07) is 0. The molecule has 1 aromatic rings. The van der Waals surface area contributed by atoms with Crippen LogP contribution in [0.2, 0.25) is 17.7 Å². The molecule has 2 unspecified atom stereocenters. The number of nitrogens with zero attached hydrogens (tertiary/aromatic N) is 4. The first-order valence-corrected chi connectivity index (χ1v) is 10.8. The first-order valence-electron chi connectivity index (χ1n) is 10.5. The second kappa shape index (κ2) is 8.79. The fraction of sp³-hybridized carbons (Fsp3) is 0.750. The van der Waals surface area contributed by atoms with Crippen molar-refractivity contribution in [3.05, 3.63) is 17.4 Å². The van der Waals surface area contributed by atoms with Crippen molar-refractivity contribution < 1.29 is 4.74 Å². The third-order valence-corrected chi connectivity index (χ3v) is 6.91. The highest BCUT2D eigenvalue weighted by Gasteiger charge is 2.43. The molecule has 7 heteroatoms. The predicted octanol–water partition coefficient (Wildman–Crippen LogP) is 4.11. The van der Waals surface area contributed by atoms with Gasteiger partial charge < -0.3 is 9.64 Å². The molecule has 3 fully saturated rings.